The van der Waals surface area contributed by atoms with Gasteiger partial charge in [0.05, 0.1) is 15.6 Å². The minimum Gasteiger partial charge on any atom is -0.325 e. The molecule has 0 bridgehead atoms. The predicted octanol–water partition coefficient (Wildman–Crippen LogP) is 5.75. The van der Waals surface area contributed by atoms with Crippen molar-refractivity contribution in [2.45, 2.75) is 11.8 Å². The lowest BCUT2D eigenvalue weighted by atomic mass is 10.0. The molecule has 2 nitrogen and oxygen atoms in total. The summed E-state index contributed by atoms with van der Waals surface area (Å²) in [5.74, 6) is -0.0130. The van der Waals surface area contributed by atoms with E-state index in [0.29, 0.717) is 11.4 Å². The number of hydrogen-bond acceptors (Lipinski definition) is 2. The Labute approximate surface area is 146 Å². The van der Waals surface area contributed by atoms with Crippen molar-refractivity contribution in [3.63, 3.8) is 0 Å². The molecule has 20 heavy (non-hydrogen) atoms. The van der Waals surface area contributed by atoms with Crippen LogP contribution in [0.1, 0.15) is 21.4 Å². The van der Waals surface area contributed by atoms with Gasteiger partial charge in [0.2, 0.25) is 5.91 Å². The number of fused-ring (bicyclic) bond motifs is 1. The lowest BCUT2D eigenvalue weighted by molar-refractivity contribution is -0.115. The zero-order valence-corrected chi connectivity index (χ0v) is 15.3. The number of alkyl halides is 1. The van der Waals surface area contributed by atoms with Crippen molar-refractivity contribution < 1.29 is 4.79 Å². The molecule has 1 aliphatic rings. The number of nitrogens with one attached hydrogen (secondary N) is 1. The average Bonchev–Trinajstić information content (AvgIpc) is 2.90. The summed E-state index contributed by atoms with van der Waals surface area (Å²) in [5.41, 5.74) is 2.54. The van der Waals surface area contributed by atoms with Crippen molar-refractivity contribution in [3.05, 3.63) is 47.5 Å². The second kappa shape index (κ2) is 5.61. The molecule has 104 valence electrons. The Kier molecular flexibility index (Phi) is 4.17. The summed E-state index contributed by atoms with van der Waals surface area (Å²) in [6, 6.07) is 5.65. The first-order chi connectivity index (χ1) is 9.45. The molecule has 0 fully saturated rings. The minimum absolute atomic E-state index is 0.0130. The van der Waals surface area contributed by atoms with Crippen LogP contribution in [0.3, 0.4) is 0 Å². The Morgan fingerprint density at radius 2 is 2.05 bits per heavy atom. The van der Waals surface area contributed by atoms with Gasteiger partial charge in [0.1, 0.15) is 0 Å². The molecule has 1 aliphatic heterocycles. The van der Waals surface area contributed by atoms with Crippen molar-refractivity contribution in [1.82, 2.24) is 0 Å². The van der Waals surface area contributed by atoms with Crippen LogP contribution in [0.15, 0.2) is 26.5 Å². The fourth-order valence-electron chi connectivity index (χ4n) is 2.10. The van der Waals surface area contributed by atoms with E-state index in [9.17, 15) is 4.79 Å². The first-order valence-corrected chi connectivity index (χ1v) is 8.88. The highest BCUT2D eigenvalue weighted by atomic mass is 79.9. The predicted molar refractivity (Wildman–Crippen MR) is 91.2 cm³/mol. The number of benzene rings is 1. The van der Waals surface area contributed by atoms with Gasteiger partial charge in [-0.1, -0.05) is 11.6 Å². The maximum atomic E-state index is 11.4. The minimum atomic E-state index is -0.337. The Hall–Kier alpha value is -0.0700. The standard InChI is InChI=1S/C13H7Br2Cl2NOS/c14-7-3-10(20-13(7)15)12(17)6-1-5-2-11(19)18-9(5)4-8(6)16/h1,3-4,12H,2H2,(H,18,19). The van der Waals surface area contributed by atoms with Crippen LogP contribution in [0, 0.1) is 0 Å². The average molecular weight is 456 g/mol. The van der Waals surface area contributed by atoms with Crippen LogP contribution in [0.2, 0.25) is 5.02 Å². The third-order valence-corrected chi connectivity index (χ3v) is 7.28. The van der Waals surface area contributed by atoms with Gasteiger partial charge in [-0.3, -0.25) is 4.79 Å². The quantitative estimate of drug-likeness (QED) is 0.574. The third-order valence-electron chi connectivity index (χ3n) is 3.03. The largest absolute Gasteiger partial charge is 0.325 e. The van der Waals surface area contributed by atoms with Gasteiger partial charge in [0, 0.05) is 20.1 Å². The first-order valence-electron chi connectivity index (χ1n) is 5.66. The van der Waals surface area contributed by atoms with Gasteiger partial charge in [-0.15, -0.1) is 22.9 Å². The summed E-state index contributed by atoms with van der Waals surface area (Å²) in [4.78, 5) is 12.4. The van der Waals surface area contributed by atoms with E-state index in [-0.39, 0.29) is 11.3 Å². The van der Waals surface area contributed by atoms with Gasteiger partial charge in [0.15, 0.2) is 0 Å². The molecule has 7 heteroatoms. The van der Waals surface area contributed by atoms with Gasteiger partial charge in [-0.2, -0.15) is 0 Å². The second-order valence-corrected chi connectivity index (χ2v) is 8.49. The summed E-state index contributed by atoms with van der Waals surface area (Å²) in [7, 11) is 0. The molecule has 1 unspecified atom stereocenters. The summed E-state index contributed by atoms with van der Waals surface area (Å²) in [6.45, 7) is 0. The van der Waals surface area contributed by atoms with Gasteiger partial charge in [-0.05, 0) is 61.2 Å². The summed E-state index contributed by atoms with van der Waals surface area (Å²) in [5, 5.41) is 3.00. The van der Waals surface area contributed by atoms with Crippen LogP contribution in [0.25, 0.3) is 0 Å². The van der Waals surface area contributed by atoms with Crippen molar-refractivity contribution in [2.75, 3.05) is 5.32 Å². The maximum Gasteiger partial charge on any atom is 0.228 e. The molecule has 1 aromatic heterocycles. The van der Waals surface area contributed by atoms with E-state index in [4.69, 9.17) is 23.2 Å². The number of carbonyl (C=O) groups excluding carboxylic acids is 1. The van der Waals surface area contributed by atoms with Crippen molar-refractivity contribution in [2.24, 2.45) is 0 Å². The van der Waals surface area contributed by atoms with E-state index in [1.54, 1.807) is 17.4 Å². The summed E-state index contributed by atoms with van der Waals surface area (Å²) in [6.07, 6.45) is 0.376. The number of anilines is 1. The fourth-order valence-corrected chi connectivity index (χ4v) is 4.90. The molecule has 1 N–H and O–H groups in total. The molecule has 0 aliphatic carbocycles. The number of hydrogen-bond donors (Lipinski definition) is 1. The van der Waals surface area contributed by atoms with E-state index in [2.05, 4.69) is 37.2 Å². The van der Waals surface area contributed by atoms with Gasteiger partial charge >= 0.3 is 0 Å². The van der Waals surface area contributed by atoms with Crippen molar-refractivity contribution in [1.29, 1.82) is 0 Å². The Morgan fingerprint density at radius 1 is 1.30 bits per heavy atom. The molecule has 3 rings (SSSR count). The van der Waals surface area contributed by atoms with Gasteiger partial charge in [-0.25, -0.2) is 0 Å². The first kappa shape index (κ1) is 14.9. The van der Waals surface area contributed by atoms with Crippen LogP contribution in [-0.2, 0) is 11.2 Å². The highest BCUT2D eigenvalue weighted by Crippen LogP contribution is 2.43. The zero-order valence-electron chi connectivity index (χ0n) is 9.84. The van der Waals surface area contributed by atoms with Crippen LogP contribution in [0.5, 0.6) is 0 Å². The smallest absolute Gasteiger partial charge is 0.228 e. The molecule has 1 amide bonds. The molecule has 1 atom stereocenters. The van der Waals surface area contributed by atoms with E-state index in [0.717, 1.165) is 30.0 Å². The van der Waals surface area contributed by atoms with Crippen LogP contribution in [-0.4, -0.2) is 5.91 Å². The molecule has 0 radical (unpaired) electrons. The summed E-state index contributed by atoms with van der Waals surface area (Å²) < 4.78 is 1.96. The maximum absolute atomic E-state index is 11.4. The van der Waals surface area contributed by atoms with E-state index in [1.165, 1.54) is 0 Å². The van der Waals surface area contributed by atoms with Crippen LogP contribution >= 0.6 is 66.4 Å². The Bertz CT molecular complexity index is 697. The van der Waals surface area contributed by atoms with Crippen LogP contribution in [0.4, 0.5) is 5.69 Å². The van der Waals surface area contributed by atoms with Gasteiger partial charge in [0.25, 0.3) is 0 Å². The zero-order chi connectivity index (χ0) is 14.4. The monoisotopic (exact) mass is 453 g/mol. The topological polar surface area (TPSA) is 29.1 Å². The second-order valence-electron chi connectivity index (χ2n) is 4.39. The molecule has 0 saturated carbocycles. The molecular weight excluding hydrogens is 449 g/mol. The van der Waals surface area contributed by atoms with E-state index in [1.807, 2.05) is 12.1 Å². The number of carbonyl (C=O) groups is 1. The Morgan fingerprint density at radius 3 is 2.70 bits per heavy atom. The normalized spacial score (nSPS) is 15.1. The SMILES string of the molecule is O=C1Cc2cc(C(Cl)c3cc(Br)c(Br)s3)c(Cl)cc2N1. The number of thiophene rings is 1. The third kappa shape index (κ3) is 2.66. The number of rotatable bonds is 2. The highest BCUT2D eigenvalue weighted by Gasteiger charge is 2.24. The van der Waals surface area contributed by atoms with Gasteiger partial charge < -0.3 is 5.32 Å². The number of halogens is 4. The molecule has 0 saturated heterocycles. The lowest BCUT2D eigenvalue weighted by Crippen LogP contribution is -2.03. The molecule has 2 aromatic rings. The van der Waals surface area contributed by atoms with Crippen LogP contribution < -0.4 is 5.32 Å². The molecule has 0 spiro atoms. The highest BCUT2D eigenvalue weighted by molar-refractivity contribution is 9.13. The van der Waals surface area contributed by atoms with E-state index < -0.39 is 0 Å². The molecule has 2 heterocycles. The van der Waals surface area contributed by atoms with Crippen molar-refractivity contribution in [3.8, 4) is 0 Å². The molecule has 1 aromatic carbocycles. The number of amides is 1. The van der Waals surface area contributed by atoms with Crippen molar-refractivity contribution >= 4 is 78.0 Å². The Balaban J connectivity index is 2.02. The summed E-state index contributed by atoms with van der Waals surface area (Å²) >= 11 is 21.3. The lowest BCUT2D eigenvalue weighted by Gasteiger charge is -2.12. The van der Waals surface area contributed by atoms with E-state index >= 15 is 0 Å². The molecular formula is C13H7Br2Cl2NOS. The fraction of sp³-hybridized carbons (Fsp3) is 0.154.